The maximum Gasteiger partial charge on any atom is 0.227 e. The van der Waals surface area contributed by atoms with Gasteiger partial charge in [-0.3, -0.25) is 0 Å². The van der Waals surface area contributed by atoms with Gasteiger partial charge in [-0.25, -0.2) is 0 Å². The highest BCUT2D eigenvalue weighted by atomic mass is 35.5. The van der Waals surface area contributed by atoms with E-state index in [9.17, 15) is 0 Å². The molecule has 5 heteroatoms. The van der Waals surface area contributed by atoms with Crippen molar-refractivity contribution in [2.45, 2.75) is 51.0 Å². The van der Waals surface area contributed by atoms with Crippen molar-refractivity contribution in [1.82, 2.24) is 10.1 Å². The molecule has 3 rings (SSSR count). The van der Waals surface area contributed by atoms with E-state index in [1.165, 1.54) is 11.1 Å². The Kier molecular flexibility index (Phi) is 5.01. The fourth-order valence-corrected chi connectivity index (χ4v) is 2.79. The van der Waals surface area contributed by atoms with Gasteiger partial charge < -0.3 is 10.3 Å². The molecule has 4 nitrogen and oxygen atoms in total. The van der Waals surface area contributed by atoms with E-state index in [4.69, 9.17) is 10.3 Å². The van der Waals surface area contributed by atoms with Gasteiger partial charge in [-0.15, -0.1) is 12.4 Å². The summed E-state index contributed by atoms with van der Waals surface area (Å²) in [5.74, 6) is 1.38. The van der Waals surface area contributed by atoms with Crippen molar-refractivity contribution in [2.75, 3.05) is 0 Å². The van der Waals surface area contributed by atoms with Crippen LogP contribution >= 0.6 is 12.4 Å². The summed E-state index contributed by atoms with van der Waals surface area (Å²) >= 11 is 0. The van der Waals surface area contributed by atoms with Gasteiger partial charge in [0.2, 0.25) is 5.89 Å². The van der Waals surface area contributed by atoms with Crippen molar-refractivity contribution >= 4 is 12.4 Å². The number of benzene rings is 1. The van der Waals surface area contributed by atoms with E-state index in [2.05, 4.69) is 41.3 Å². The molecule has 1 heterocycles. The Balaban J connectivity index is 0.00000161. The Hall–Kier alpha value is -1.39. The van der Waals surface area contributed by atoms with Gasteiger partial charge in [0.05, 0.1) is 5.54 Å². The van der Waals surface area contributed by atoms with Crippen LogP contribution in [0.15, 0.2) is 28.8 Å². The Morgan fingerprint density at radius 1 is 1.14 bits per heavy atom. The predicted octanol–water partition coefficient (Wildman–Crippen LogP) is 3.31. The van der Waals surface area contributed by atoms with Crippen LogP contribution in [0.1, 0.15) is 48.5 Å². The van der Waals surface area contributed by atoms with Gasteiger partial charge in [0.25, 0.3) is 0 Å². The zero-order valence-corrected chi connectivity index (χ0v) is 13.2. The second-order valence-electron chi connectivity index (χ2n) is 5.86. The van der Waals surface area contributed by atoms with Crippen molar-refractivity contribution in [3.8, 4) is 0 Å². The largest absolute Gasteiger partial charge is 0.339 e. The lowest BCUT2D eigenvalue weighted by Gasteiger charge is -2.17. The maximum absolute atomic E-state index is 6.33. The Morgan fingerprint density at radius 3 is 2.48 bits per heavy atom. The molecule has 2 aromatic rings. The molecule has 0 bridgehead atoms. The van der Waals surface area contributed by atoms with Gasteiger partial charge in [-0.05, 0) is 31.7 Å². The highest BCUT2D eigenvalue weighted by Gasteiger charge is 2.35. The van der Waals surface area contributed by atoms with Gasteiger partial charge in [0.1, 0.15) is 0 Å². The van der Waals surface area contributed by atoms with Crippen molar-refractivity contribution in [3.05, 3.63) is 47.1 Å². The van der Waals surface area contributed by atoms with E-state index >= 15 is 0 Å². The standard InChI is InChI=1S/C16H21N3O.ClH/c1-12-4-6-13(7-5-12)8-9-14-18-15(19-20-14)16(17)10-2-3-11-16;/h4-7H,2-3,8-11,17H2,1H3;1H. The summed E-state index contributed by atoms with van der Waals surface area (Å²) in [6, 6.07) is 8.55. The van der Waals surface area contributed by atoms with E-state index in [0.29, 0.717) is 11.7 Å². The Labute approximate surface area is 131 Å². The van der Waals surface area contributed by atoms with Gasteiger partial charge in [0, 0.05) is 6.42 Å². The zero-order valence-electron chi connectivity index (χ0n) is 12.3. The molecule has 0 aliphatic heterocycles. The fraction of sp³-hybridized carbons (Fsp3) is 0.500. The number of hydrogen-bond donors (Lipinski definition) is 1. The normalized spacial score (nSPS) is 16.7. The first-order valence-corrected chi connectivity index (χ1v) is 7.33. The van der Waals surface area contributed by atoms with Gasteiger partial charge in [-0.2, -0.15) is 4.98 Å². The number of aromatic nitrogens is 2. The van der Waals surface area contributed by atoms with Crippen LogP contribution in [0, 0.1) is 6.92 Å². The third kappa shape index (κ3) is 3.63. The van der Waals surface area contributed by atoms with E-state index in [1.807, 2.05) is 0 Å². The van der Waals surface area contributed by atoms with E-state index in [1.54, 1.807) is 0 Å². The van der Waals surface area contributed by atoms with Crippen LogP contribution in [-0.4, -0.2) is 10.1 Å². The average Bonchev–Trinajstić information content (AvgIpc) is 3.08. The van der Waals surface area contributed by atoms with Crippen LogP contribution in [0.5, 0.6) is 0 Å². The van der Waals surface area contributed by atoms with E-state index in [-0.39, 0.29) is 17.9 Å². The van der Waals surface area contributed by atoms with E-state index < -0.39 is 0 Å². The molecule has 1 aliphatic carbocycles. The molecule has 0 spiro atoms. The molecule has 21 heavy (non-hydrogen) atoms. The quantitative estimate of drug-likeness (QED) is 0.941. The van der Waals surface area contributed by atoms with Crippen molar-refractivity contribution in [3.63, 3.8) is 0 Å². The average molecular weight is 308 g/mol. The number of nitrogens with two attached hydrogens (primary N) is 1. The monoisotopic (exact) mass is 307 g/mol. The first-order chi connectivity index (χ1) is 9.66. The van der Waals surface area contributed by atoms with Crippen LogP contribution in [-0.2, 0) is 18.4 Å². The molecule has 0 saturated heterocycles. The second-order valence-corrected chi connectivity index (χ2v) is 5.86. The SMILES string of the molecule is Cc1ccc(CCc2nc(C3(N)CCCC3)no2)cc1.Cl. The smallest absolute Gasteiger partial charge is 0.227 e. The lowest BCUT2D eigenvalue weighted by atomic mass is 9.99. The zero-order chi connectivity index (χ0) is 14.0. The number of nitrogens with zero attached hydrogens (tertiary/aromatic N) is 2. The molecule has 2 N–H and O–H groups in total. The molecule has 1 fully saturated rings. The number of halogens is 1. The number of aryl methyl sites for hydroxylation is 3. The third-order valence-corrected chi connectivity index (χ3v) is 4.16. The van der Waals surface area contributed by atoms with Crippen LogP contribution in [0.25, 0.3) is 0 Å². The molecule has 0 atom stereocenters. The summed E-state index contributed by atoms with van der Waals surface area (Å²) in [4.78, 5) is 4.49. The predicted molar refractivity (Wildman–Crippen MR) is 84.5 cm³/mol. The maximum atomic E-state index is 6.33. The van der Waals surface area contributed by atoms with Crippen LogP contribution in [0.4, 0.5) is 0 Å². The summed E-state index contributed by atoms with van der Waals surface area (Å²) in [5.41, 5.74) is 8.55. The van der Waals surface area contributed by atoms with Crippen LogP contribution in [0.3, 0.4) is 0 Å². The molecule has 0 unspecified atom stereocenters. The first-order valence-electron chi connectivity index (χ1n) is 7.33. The second kappa shape index (κ2) is 6.58. The van der Waals surface area contributed by atoms with Crippen molar-refractivity contribution in [2.24, 2.45) is 5.73 Å². The van der Waals surface area contributed by atoms with Crippen LogP contribution in [0.2, 0.25) is 0 Å². The molecular formula is C16H22ClN3O. The Morgan fingerprint density at radius 2 is 1.81 bits per heavy atom. The lowest BCUT2D eigenvalue weighted by Crippen LogP contribution is -2.34. The molecule has 1 saturated carbocycles. The summed E-state index contributed by atoms with van der Waals surface area (Å²) in [6.45, 7) is 2.09. The minimum absolute atomic E-state index is 0. The summed E-state index contributed by atoms with van der Waals surface area (Å²) in [5, 5.41) is 4.09. The number of hydrogen-bond acceptors (Lipinski definition) is 4. The number of rotatable bonds is 4. The highest BCUT2D eigenvalue weighted by molar-refractivity contribution is 5.85. The molecule has 1 aromatic heterocycles. The van der Waals surface area contributed by atoms with Gasteiger partial charge >= 0.3 is 0 Å². The van der Waals surface area contributed by atoms with Gasteiger partial charge in [0.15, 0.2) is 5.82 Å². The summed E-state index contributed by atoms with van der Waals surface area (Å²) < 4.78 is 5.35. The first kappa shape index (κ1) is 16.0. The molecule has 0 amide bonds. The van der Waals surface area contributed by atoms with Crippen molar-refractivity contribution in [1.29, 1.82) is 0 Å². The molecular weight excluding hydrogens is 286 g/mol. The van der Waals surface area contributed by atoms with Crippen LogP contribution < -0.4 is 5.73 Å². The fourth-order valence-electron chi connectivity index (χ4n) is 2.79. The van der Waals surface area contributed by atoms with E-state index in [0.717, 1.165) is 38.5 Å². The molecule has 0 radical (unpaired) electrons. The van der Waals surface area contributed by atoms with Crippen molar-refractivity contribution < 1.29 is 4.52 Å². The lowest BCUT2D eigenvalue weighted by molar-refractivity contribution is 0.348. The summed E-state index contributed by atoms with van der Waals surface area (Å²) in [7, 11) is 0. The van der Waals surface area contributed by atoms with Gasteiger partial charge in [-0.1, -0.05) is 47.8 Å². The topological polar surface area (TPSA) is 64.9 Å². The minimum Gasteiger partial charge on any atom is -0.339 e. The molecule has 114 valence electrons. The summed E-state index contributed by atoms with van der Waals surface area (Å²) in [6.07, 6.45) is 5.92. The molecule has 1 aromatic carbocycles. The highest BCUT2D eigenvalue weighted by Crippen LogP contribution is 2.34. The molecule has 1 aliphatic rings. The Bertz CT molecular complexity index is 573. The minimum atomic E-state index is -0.356. The third-order valence-electron chi connectivity index (χ3n) is 4.16.